The van der Waals surface area contributed by atoms with Crippen molar-refractivity contribution in [2.75, 3.05) is 5.32 Å². The number of carbonyl (C=O) groups is 1. The first-order chi connectivity index (χ1) is 7.86. The normalized spacial score (nSPS) is 14.2. The molecule has 0 bridgehead atoms. The maximum Gasteiger partial charge on any atom is 0.244 e. The van der Waals surface area contributed by atoms with Crippen LogP contribution in [0, 0.1) is 5.82 Å². The number of halogens is 2. The molecule has 0 radical (unpaired) electrons. The number of hydrogen-bond donors (Lipinski definition) is 2. The third-order valence-electron chi connectivity index (χ3n) is 2.46. The van der Waals surface area contributed by atoms with Crippen LogP contribution < -0.4 is 11.1 Å². The predicted octanol–water partition coefficient (Wildman–Crippen LogP) is 2.94. The van der Waals surface area contributed by atoms with Crippen LogP contribution >= 0.6 is 11.6 Å². The summed E-state index contributed by atoms with van der Waals surface area (Å²) in [6.45, 7) is 3.55. The second-order valence-electron chi connectivity index (χ2n) is 4.25. The van der Waals surface area contributed by atoms with Crippen molar-refractivity contribution < 1.29 is 9.18 Å². The number of rotatable bonds is 4. The minimum absolute atomic E-state index is 0.0512. The van der Waals surface area contributed by atoms with Gasteiger partial charge in [0, 0.05) is 5.02 Å². The monoisotopic (exact) mass is 258 g/mol. The Bertz CT molecular complexity index is 421. The summed E-state index contributed by atoms with van der Waals surface area (Å²) in [4.78, 5) is 11.8. The van der Waals surface area contributed by atoms with E-state index in [0.717, 1.165) is 6.42 Å². The highest BCUT2D eigenvalue weighted by atomic mass is 35.5. The number of hydrogen-bond acceptors (Lipinski definition) is 2. The molecule has 0 aliphatic carbocycles. The Morgan fingerprint density at radius 1 is 1.59 bits per heavy atom. The van der Waals surface area contributed by atoms with Gasteiger partial charge in [0.25, 0.3) is 0 Å². The Balaban J connectivity index is 2.84. The lowest BCUT2D eigenvalue weighted by molar-refractivity contribution is -0.120. The molecule has 0 fully saturated rings. The highest BCUT2D eigenvalue weighted by Crippen LogP contribution is 2.21. The van der Waals surface area contributed by atoms with E-state index in [2.05, 4.69) is 5.32 Å². The predicted molar refractivity (Wildman–Crippen MR) is 67.5 cm³/mol. The standard InChI is InChI=1S/C12H16ClFN2O/c1-3-6-12(2,15)11(17)16-10-7-8(13)4-5-9(10)14/h4-5,7H,3,6,15H2,1-2H3,(H,16,17). The fraction of sp³-hybridized carbons (Fsp3) is 0.417. The number of nitrogens with one attached hydrogen (secondary N) is 1. The van der Waals surface area contributed by atoms with Gasteiger partial charge in [-0.25, -0.2) is 4.39 Å². The summed E-state index contributed by atoms with van der Waals surface area (Å²) < 4.78 is 13.4. The fourth-order valence-corrected chi connectivity index (χ4v) is 1.66. The van der Waals surface area contributed by atoms with Crippen molar-refractivity contribution in [3.63, 3.8) is 0 Å². The molecule has 0 aliphatic rings. The van der Waals surface area contributed by atoms with Gasteiger partial charge >= 0.3 is 0 Å². The quantitative estimate of drug-likeness (QED) is 0.872. The number of nitrogens with two attached hydrogens (primary N) is 1. The molecule has 94 valence electrons. The molecule has 1 atom stereocenters. The third kappa shape index (κ3) is 3.68. The maximum absolute atomic E-state index is 13.4. The average Bonchev–Trinajstić information content (AvgIpc) is 2.23. The van der Waals surface area contributed by atoms with Gasteiger partial charge in [0.2, 0.25) is 5.91 Å². The van der Waals surface area contributed by atoms with Gasteiger partial charge < -0.3 is 11.1 Å². The van der Waals surface area contributed by atoms with Crippen molar-refractivity contribution in [3.8, 4) is 0 Å². The second kappa shape index (κ2) is 5.47. The summed E-state index contributed by atoms with van der Waals surface area (Å²) in [6, 6.07) is 3.97. The fourth-order valence-electron chi connectivity index (χ4n) is 1.49. The van der Waals surface area contributed by atoms with Gasteiger partial charge in [0.15, 0.2) is 0 Å². The average molecular weight is 259 g/mol. The van der Waals surface area contributed by atoms with Crippen LogP contribution in [0.3, 0.4) is 0 Å². The van der Waals surface area contributed by atoms with Crippen LogP contribution in [0.15, 0.2) is 18.2 Å². The van der Waals surface area contributed by atoms with Crippen LogP contribution in [0.25, 0.3) is 0 Å². The second-order valence-corrected chi connectivity index (χ2v) is 4.68. The van der Waals surface area contributed by atoms with Crippen molar-refractivity contribution >= 4 is 23.2 Å². The van der Waals surface area contributed by atoms with E-state index in [4.69, 9.17) is 17.3 Å². The van der Waals surface area contributed by atoms with Gasteiger partial charge in [-0.2, -0.15) is 0 Å². The molecule has 0 aromatic heterocycles. The van der Waals surface area contributed by atoms with Gasteiger partial charge in [-0.15, -0.1) is 0 Å². The highest BCUT2D eigenvalue weighted by Gasteiger charge is 2.27. The summed E-state index contributed by atoms with van der Waals surface area (Å²) in [5.41, 5.74) is 4.88. The van der Waals surface area contributed by atoms with Gasteiger partial charge in [0.1, 0.15) is 5.82 Å². The molecule has 0 heterocycles. The third-order valence-corrected chi connectivity index (χ3v) is 2.70. The summed E-state index contributed by atoms with van der Waals surface area (Å²) >= 11 is 5.73. The van der Waals surface area contributed by atoms with Gasteiger partial charge in [-0.05, 0) is 31.5 Å². The largest absolute Gasteiger partial charge is 0.322 e. The molecule has 0 spiro atoms. The van der Waals surface area contributed by atoms with E-state index in [1.165, 1.54) is 18.2 Å². The molecule has 0 aliphatic heterocycles. The first-order valence-corrected chi connectivity index (χ1v) is 5.80. The first kappa shape index (κ1) is 13.9. The molecule has 1 aromatic rings. The lowest BCUT2D eigenvalue weighted by atomic mass is 9.96. The van der Waals surface area contributed by atoms with Crippen LogP contribution in [0.5, 0.6) is 0 Å². The molecule has 3 nitrogen and oxygen atoms in total. The van der Waals surface area contributed by atoms with Crippen LogP contribution in [0.2, 0.25) is 5.02 Å². The van der Waals surface area contributed by atoms with Crippen LogP contribution in [-0.4, -0.2) is 11.4 Å². The zero-order valence-corrected chi connectivity index (χ0v) is 10.6. The van der Waals surface area contributed by atoms with Crippen LogP contribution in [-0.2, 0) is 4.79 Å². The van der Waals surface area contributed by atoms with E-state index in [1.807, 2.05) is 6.92 Å². The van der Waals surface area contributed by atoms with Gasteiger partial charge in [-0.3, -0.25) is 4.79 Å². The Hall–Kier alpha value is -1.13. The molecule has 1 rings (SSSR count). The molecule has 5 heteroatoms. The summed E-state index contributed by atoms with van der Waals surface area (Å²) in [6.07, 6.45) is 1.31. The van der Waals surface area contributed by atoms with Crippen molar-refractivity contribution in [1.82, 2.24) is 0 Å². The van der Waals surface area contributed by atoms with E-state index in [0.29, 0.717) is 11.4 Å². The van der Waals surface area contributed by atoms with E-state index in [1.54, 1.807) is 6.92 Å². The van der Waals surface area contributed by atoms with E-state index >= 15 is 0 Å². The van der Waals surface area contributed by atoms with Crippen molar-refractivity contribution in [2.24, 2.45) is 5.73 Å². The van der Waals surface area contributed by atoms with Crippen molar-refractivity contribution in [1.29, 1.82) is 0 Å². The smallest absolute Gasteiger partial charge is 0.244 e. The van der Waals surface area contributed by atoms with E-state index < -0.39 is 17.3 Å². The summed E-state index contributed by atoms with van der Waals surface area (Å²) in [5, 5.41) is 2.81. The molecule has 0 saturated heterocycles. The minimum Gasteiger partial charge on any atom is -0.322 e. The number of benzene rings is 1. The molecule has 3 N–H and O–H groups in total. The Kier molecular flexibility index (Phi) is 4.48. The molecule has 17 heavy (non-hydrogen) atoms. The van der Waals surface area contributed by atoms with Crippen molar-refractivity contribution in [2.45, 2.75) is 32.2 Å². The Morgan fingerprint density at radius 3 is 2.82 bits per heavy atom. The molecule has 1 aromatic carbocycles. The van der Waals surface area contributed by atoms with Crippen molar-refractivity contribution in [3.05, 3.63) is 29.0 Å². The van der Waals surface area contributed by atoms with Gasteiger partial charge in [0.05, 0.1) is 11.2 Å². The van der Waals surface area contributed by atoms with Crippen LogP contribution in [0.4, 0.5) is 10.1 Å². The Labute approximate surface area is 105 Å². The number of carbonyl (C=O) groups excluding carboxylic acids is 1. The number of amides is 1. The zero-order chi connectivity index (χ0) is 13.1. The lowest BCUT2D eigenvalue weighted by Gasteiger charge is -2.23. The highest BCUT2D eigenvalue weighted by molar-refractivity contribution is 6.30. The van der Waals surface area contributed by atoms with Gasteiger partial charge in [-0.1, -0.05) is 24.9 Å². The summed E-state index contributed by atoms with van der Waals surface area (Å²) in [7, 11) is 0. The topological polar surface area (TPSA) is 55.1 Å². The lowest BCUT2D eigenvalue weighted by Crippen LogP contribution is -2.48. The molecular weight excluding hydrogens is 243 g/mol. The van der Waals surface area contributed by atoms with E-state index in [9.17, 15) is 9.18 Å². The summed E-state index contributed by atoms with van der Waals surface area (Å²) in [5.74, 6) is -0.949. The molecule has 1 amide bonds. The number of anilines is 1. The Morgan fingerprint density at radius 2 is 2.24 bits per heavy atom. The zero-order valence-electron chi connectivity index (χ0n) is 9.89. The minimum atomic E-state index is -1.01. The first-order valence-electron chi connectivity index (χ1n) is 5.42. The maximum atomic E-state index is 13.4. The molecule has 1 unspecified atom stereocenters. The van der Waals surface area contributed by atoms with E-state index in [-0.39, 0.29) is 5.69 Å². The molecule has 0 saturated carbocycles. The molecular formula is C12H16ClFN2O. The SMILES string of the molecule is CCCC(C)(N)C(=O)Nc1cc(Cl)ccc1F. The van der Waals surface area contributed by atoms with Crippen LogP contribution in [0.1, 0.15) is 26.7 Å².